The van der Waals surface area contributed by atoms with E-state index in [0.29, 0.717) is 41.8 Å². The van der Waals surface area contributed by atoms with E-state index in [1.807, 2.05) is 6.92 Å². The number of pyridine rings is 1. The largest absolute Gasteiger partial charge is 0.496 e. The number of alkyl halides is 3. The lowest BCUT2D eigenvalue weighted by Gasteiger charge is -2.29. The minimum atomic E-state index is -4.54. The maximum absolute atomic E-state index is 13.1. The number of carbonyl (C=O) groups is 1. The molecule has 2 atom stereocenters. The maximum atomic E-state index is 13.1. The van der Waals surface area contributed by atoms with Crippen LogP contribution in [0.5, 0.6) is 11.5 Å². The van der Waals surface area contributed by atoms with Crippen molar-refractivity contribution >= 4 is 28.2 Å². The van der Waals surface area contributed by atoms with E-state index in [1.165, 1.54) is 14.2 Å². The summed E-state index contributed by atoms with van der Waals surface area (Å²) in [6.07, 6.45) is -3.78. The molecule has 3 aromatic rings. The summed E-state index contributed by atoms with van der Waals surface area (Å²) in [5.74, 6) is 0.687. The Labute approximate surface area is 191 Å². The SMILES string of the molecule is COC(=O)C1CC(Oc2cc(-c3nc(C(F)(F)F)cs3)nc3c(C)c(OC)ccc23)CCN1. The first kappa shape index (κ1) is 23.2. The highest BCUT2D eigenvalue weighted by Crippen LogP contribution is 2.38. The molecule has 0 aliphatic carbocycles. The maximum Gasteiger partial charge on any atom is 0.434 e. The number of ether oxygens (including phenoxy) is 3. The minimum Gasteiger partial charge on any atom is -0.496 e. The van der Waals surface area contributed by atoms with Gasteiger partial charge in [0.05, 0.1) is 19.7 Å². The van der Waals surface area contributed by atoms with Gasteiger partial charge in [0.25, 0.3) is 0 Å². The van der Waals surface area contributed by atoms with Crippen LogP contribution in [-0.4, -0.2) is 48.8 Å². The van der Waals surface area contributed by atoms with Crippen LogP contribution >= 0.6 is 11.3 Å². The van der Waals surface area contributed by atoms with Gasteiger partial charge in [-0.3, -0.25) is 4.79 Å². The number of piperidine rings is 1. The van der Waals surface area contributed by atoms with Crippen molar-refractivity contribution in [2.75, 3.05) is 20.8 Å². The summed E-state index contributed by atoms with van der Waals surface area (Å²) in [5, 5.41) is 4.89. The Hall–Kier alpha value is -2.92. The van der Waals surface area contributed by atoms with Crippen LogP contribution in [0, 0.1) is 6.92 Å². The second kappa shape index (κ2) is 9.14. The third-order valence-corrected chi connectivity index (χ3v) is 6.38. The molecule has 1 fully saturated rings. The van der Waals surface area contributed by atoms with E-state index in [2.05, 4.69) is 15.3 Å². The van der Waals surface area contributed by atoms with E-state index in [0.717, 1.165) is 22.3 Å². The van der Waals surface area contributed by atoms with Crippen LogP contribution in [0.15, 0.2) is 23.6 Å². The number of thiazole rings is 1. The van der Waals surface area contributed by atoms with Crippen molar-refractivity contribution in [3.05, 3.63) is 34.8 Å². The number of nitrogens with zero attached hydrogens (tertiary/aromatic N) is 2. The van der Waals surface area contributed by atoms with Gasteiger partial charge in [0.15, 0.2) is 5.69 Å². The fraction of sp³-hybridized carbons (Fsp3) is 0.409. The van der Waals surface area contributed by atoms with Crippen LogP contribution in [0.25, 0.3) is 21.6 Å². The molecule has 7 nitrogen and oxygen atoms in total. The van der Waals surface area contributed by atoms with Crippen LogP contribution in [0.4, 0.5) is 13.2 Å². The molecule has 33 heavy (non-hydrogen) atoms. The number of fused-ring (bicyclic) bond motifs is 1. The zero-order valence-electron chi connectivity index (χ0n) is 18.2. The Balaban J connectivity index is 1.77. The zero-order chi connectivity index (χ0) is 23.8. The fourth-order valence-corrected chi connectivity index (χ4v) is 4.61. The van der Waals surface area contributed by atoms with Crippen molar-refractivity contribution in [3.8, 4) is 22.2 Å². The molecule has 11 heteroatoms. The summed E-state index contributed by atoms with van der Waals surface area (Å²) in [5.41, 5.74) is 0.581. The first-order valence-corrected chi connectivity index (χ1v) is 11.1. The topological polar surface area (TPSA) is 82.6 Å². The summed E-state index contributed by atoms with van der Waals surface area (Å²) in [6.45, 7) is 2.39. The Morgan fingerprint density at radius 2 is 2.00 bits per heavy atom. The second-order valence-electron chi connectivity index (χ2n) is 7.62. The van der Waals surface area contributed by atoms with Crippen LogP contribution in [0.2, 0.25) is 0 Å². The third kappa shape index (κ3) is 4.74. The van der Waals surface area contributed by atoms with E-state index in [-0.39, 0.29) is 22.8 Å². The molecule has 2 aromatic heterocycles. The van der Waals surface area contributed by atoms with Gasteiger partial charge in [0.2, 0.25) is 0 Å². The number of aryl methyl sites for hydroxylation is 1. The first-order valence-electron chi connectivity index (χ1n) is 10.2. The molecule has 0 spiro atoms. The van der Waals surface area contributed by atoms with Crippen LogP contribution in [-0.2, 0) is 15.7 Å². The number of benzene rings is 1. The molecule has 1 aliphatic heterocycles. The Bertz CT molecular complexity index is 1180. The van der Waals surface area contributed by atoms with E-state index in [9.17, 15) is 18.0 Å². The summed E-state index contributed by atoms with van der Waals surface area (Å²) >= 11 is 0.864. The van der Waals surface area contributed by atoms with Crippen LogP contribution < -0.4 is 14.8 Å². The molecule has 1 saturated heterocycles. The predicted molar refractivity (Wildman–Crippen MR) is 117 cm³/mol. The van der Waals surface area contributed by atoms with Crippen molar-refractivity contribution < 1.29 is 32.2 Å². The van der Waals surface area contributed by atoms with Crippen molar-refractivity contribution in [1.29, 1.82) is 0 Å². The van der Waals surface area contributed by atoms with E-state index >= 15 is 0 Å². The highest BCUT2D eigenvalue weighted by atomic mass is 32.1. The normalized spacial score (nSPS) is 18.8. The number of rotatable bonds is 5. The highest BCUT2D eigenvalue weighted by Gasteiger charge is 2.34. The number of hydrogen-bond donors (Lipinski definition) is 1. The Kier molecular flexibility index (Phi) is 6.44. The number of carbonyl (C=O) groups excluding carboxylic acids is 1. The van der Waals surface area contributed by atoms with Gasteiger partial charge in [-0.2, -0.15) is 13.2 Å². The van der Waals surface area contributed by atoms with E-state index in [1.54, 1.807) is 18.2 Å². The summed E-state index contributed by atoms with van der Waals surface area (Å²) in [7, 11) is 2.87. The molecule has 0 amide bonds. The molecule has 2 unspecified atom stereocenters. The predicted octanol–water partition coefficient (Wildman–Crippen LogP) is 4.37. The zero-order valence-corrected chi connectivity index (χ0v) is 19.0. The number of hydrogen-bond acceptors (Lipinski definition) is 8. The van der Waals surface area contributed by atoms with Crippen LogP contribution in [0.1, 0.15) is 24.1 Å². The lowest BCUT2D eigenvalue weighted by atomic mass is 10.0. The molecular weight excluding hydrogens is 459 g/mol. The van der Waals surface area contributed by atoms with Gasteiger partial charge in [0.1, 0.15) is 34.3 Å². The van der Waals surface area contributed by atoms with Crippen molar-refractivity contribution in [3.63, 3.8) is 0 Å². The monoisotopic (exact) mass is 481 g/mol. The molecule has 1 aromatic carbocycles. The number of esters is 1. The molecule has 0 saturated carbocycles. The van der Waals surface area contributed by atoms with Crippen molar-refractivity contribution in [1.82, 2.24) is 15.3 Å². The minimum absolute atomic E-state index is 0.133. The smallest absolute Gasteiger partial charge is 0.434 e. The number of halogens is 3. The molecular formula is C22H22F3N3O4S. The quantitative estimate of drug-likeness (QED) is 0.542. The summed E-state index contributed by atoms with van der Waals surface area (Å²) < 4.78 is 55.8. The van der Waals surface area contributed by atoms with Gasteiger partial charge in [-0.15, -0.1) is 11.3 Å². The second-order valence-corrected chi connectivity index (χ2v) is 8.48. The van der Waals surface area contributed by atoms with Gasteiger partial charge in [-0.25, -0.2) is 9.97 Å². The van der Waals surface area contributed by atoms with Gasteiger partial charge < -0.3 is 19.5 Å². The van der Waals surface area contributed by atoms with Gasteiger partial charge >= 0.3 is 12.1 Å². The van der Waals surface area contributed by atoms with Crippen molar-refractivity contribution in [2.45, 2.75) is 38.1 Å². The lowest BCUT2D eigenvalue weighted by Crippen LogP contribution is -2.47. The average molecular weight is 481 g/mol. The number of methoxy groups -OCH3 is 2. The number of aromatic nitrogens is 2. The number of nitrogens with one attached hydrogen (secondary N) is 1. The van der Waals surface area contributed by atoms with Gasteiger partial charge in [0, 0.05) is 28.8 Å². The molecule has 0 radical (unpaired) electrons. The Morgan fingerprint density at radius 3 is 2.67 bits per heavy atom. The molecule has 0 bridgehead atoms. The fourth-order valence-electron chi connectivity index (χ4n) is 3.82. The molecule has 1 N–H and O–H groups in total. The van der Waals surface area contributed by atoms with Gasteiger partial charge in [-0.1, -0.05) is 0 Å². The molecule has 1 aliphatic rings. The highest BCUT2D eigenvalue weighted by molar-refractivity contribution is 7.13. The van der Waals surface area contributed by atoms with Gasteiger partial charge in [-0.05, 0) is 32.0 Å². The lowest BCUT2D eigenvalue weighted by molar-refractivity contribution is -0.144. The summed E-state index contributed by atoms with van der Waals surface area (Å²) in [6, 6.07) is 4.70. The Morgan fingerprint density at radius 1 is 1.21 bits per heavy atom. The van der Waals surface area contributed by atoms with E-state index in [4.69, 9.17) is 14.2 Å². The van der Waals surface area contributed by atoms with E-state index < -0.39 is 17.9 Å². The molecule has 4 rings (SSSR count). The molecule has 176 valence electrons. The molecule has 3 heterocycles. The third-order valence-electron chi connectivity index (χ3n) is 5.52. The first-order chi connectivity index (χ1) is 15.7. The summed E-state index contributed by atoms with van der Waals surface area (Å²) in [4.78, 5) is 20.3. The van der Waals surface area contributed by atoms with Crippen LogP contribution in [0.3, 0.4) is 0 Å². The van der Waals surface area contributed by atoms with Crippen molar-refractivity contribution in [2.24, 2.45) is 0 Å². The average Bonchev–Trinajstić information content (AvgIpc) is 3.30. The standard InChI is InChI=1S/C22H22F3N3O4S/c1-11-16(30-2)5-4-13-17(32-12-6-7-26-15(8-12)21(29)31-3)9-14(27-19(11)13)20-28-18(10-33-20)22(23,24)25/h4-5,9-10,12,15,26H,6-8H2,1-3H3.